The predicted octanol–water partition coefficient (Wildman–Crippen LogP) is 0.0522. The van der Waals surface area contributed by atoms with Crippen LogP contribution in [0.2, 0.25) is 0 Å². The highest BCUT2D eigenvalue weighted by molar-refractivity contribution is 5.95. The highest BCUT2D eigenvalue weighted by Gasteiger charge is 2.05. The lowest BCUT2D eigenvalue weighted by molar-refractivity contribution is 0.1000. The van der Waals surface area contributed by atoms with Crippen molar-refractivity contribution in [1.82, 2.24) is 4.98 Å². The number of amides is 1. The molecule has 1 heterocycles. The minimum atomic E-state index is -0.607. The van der Waals surface area contributed by atoms with Crippen molar-refractivity contribution in [2.24, 2.45) is 5.73 Å². The molecule has 0 radical (unpaired) electrons. The minimum Gasteiger partial charge on any atom is -0.366 e. The van der Waals surface area contributed by atoms with Gasteiger partial charge in [-0.3, -0.25) is 9.78 Å². The molecule has 0 unspecified atom stereocenters. The normalized spacial score (nSPS) is 8.64. The summed E-state index contributed by atoms with van der Waals surface area (Å²) in [6.07, 6.45) is 2.72. The van der Waals surface area contributed by atoms with Crippen molar-refractivity contribution in [2.75, 3.05) is 0 Å². The number of primary amides is 1. The molecule has 0 aromatic carbocycles. The van der Waals surface area contributed by atoms with Crippen molar-refractivity contribution in [3.63, 3.8) is 0 Å². The average Bonchev–Trinajstić information content (AvgIpc) is 2.04. The Morgan fingerprint density at radius 1 is 1.73 bits per heavy atom. The molecular weight excluding hydrogens is 142 g/mol. The second-order valence-electron chi connectivity index (χ2n) is 1.90. The van der Waals surface area contributed by atoms with Crippen LogP contribution in [0.1, 0.15) is 15.9 Å². The number of nitrogens with two attached hydrogens (primary N) is 1. The van der Waals surface area contributed by atoms with E-state index in [0.717, 1.165) is 0 Å². The second kappa shape index (κ2) is 2.80. The maximum Gasteiger partial charge on any atom is 0.250 e. The zero-order valence-corrected chi connectivity index (χ0v) is 5.61. The number of pyridine rings is 1. The molecule has 1 rings (SSSR count). The van der Waals surface area contributed by atoms with E-state index >= 15 is 0 Å². The third-order valence-corrected chi connectivity index (χ3v) is 1.21. The van der Waals surface area contributed by atoms with Crippen LogP contribution in [0.5, 0.6) is 0 Å². The highest BCUT2D eigenvalue weighted by atomic mass is 16.1. The fourth-order valence-corrected chi connectivity index (χ4v) is 0.698. The Morgan fingerprint density at radius 2 is 2.45 bits per heavy atom. The van der Waals surface area contributed by atoms with Gasteiger partial charge in [-0.05, 0) is 6.07 Å². The Morgan fingerprint density at radius 3 is 2.91 bits per heavy atom. The van der Waals surface area contributed by atoms with Gasteiger partial charge in [0.25, 0.3) is 0 Å². The lowest BCUT2D eigenvalue weighted by Gasteiger charge is -1.94. The number of hydrogen-bond donors (Lipinski definition) is 1. The van der Waals surface area contributed by atoms with Crippen LogP contribution in [-0.2, 0) is 0 Å². The molecule has 0 atom stereocenters. The number of rotatable bonds is 1. The van der Waals surface area contributed by atoms with Gasteiger partial charge in [0.05, 0.1) is 11.1 Å². The summed E-state index contributed by atoms with van der Waals surface area (Å²) in [6.45, 7) is 0. The van der Waals surface area contributed by atoms with E-state index in [9.17, 15) is 4.79 Å². The highest BCUT2D eigenvalue weighted by Crippen LogP contribution is 2.02. The van der Waals surface area contributed by atoms with Crippen LogP contribution in [0.3, 0.4) is 0 Å². The number of nitriles is 1. The van der Waals surface area contributed by atoms with E-state index in [2.05, 4.69) is 4.98 Å². The molecule has 0 fully saturated rings. The fraction of sp³-hybridized carbons (Fsp3) is 0. The molecule has 1 amide bonds. The largest absolute Gasteiger partial charge is 0.366 e. The van der Waals surface area contributed by atoms with E-state index in [1.54, 1.807) is 0 Å². The molecule has 4 heteroatoms. The molecule has 0 aliphatic heterocycles. The zero-order chi connectivity index (χ0) is 8.27. The molecule has 1 aromatic heterocycles. The summed E-state index contributed by atoms with van der Waals surface area (Å²) >= 11 is 0. The van der Waals surface area contributed by atoms with Gasteiger partial charge in [0.15, 0.2) is 0 Å². The Balaban J connectivity index is 3.26. The summed E-state index contributed by atoms with van der Waals surface area (Å²) in [5, 5.41) is 8.47. The molecule has 0 aliphatic carbocycles. The monoisotopic (exact) mass is 147 g/mol. The minimum absolute atomic E-state index is 0.208. The molecule has 0 saturated carbocycles. The summed E-state index contributed by atoms with van der Waals surface area (Å²) in [5.74, 6) is -0.607. The van der Waals surface area contributed by atoms with Crippen molar-refractivity contribution in [1.29, 1.82) is 5.26 Å². The molecule has 1 aromatic rings. The molecule has 0 bridgehead atoms. The van der Waals surface area contributed by atoms with Crippen LogP contribution in [-0.4, -0.2) is 10.9 Å². The number of carbonyl (C=O) groups is 1. The second-order valence-corrected chi connectivity index (χ2v) is 1.90. The Hall–Kier alpha value is -1.89. The van der Waals surface area contributed by atoms with Crippen LogP contribution in [0.25, 0.3) is 0 Å². The van der Waals surface area contributed by atoms with Gasteiger partial charge >= 0.3 is 0 Å². The third kappa shape index (κ3) is 1.33. The fourth-order valence-electron chi connectivity index (χ4n) is 0.698. The smallest absolute Gasteiger partial charge is 0.250 e. The first-order valence-corrected chi connectivity index (χ1v) is 2.89. The summed E-state index contributed by atoms with van der Waals surface area (Å²) < 4.78 is 0. The topological polar surface area (TPSA) is 79.8 Å². The summed E-state index contributed by atoms with van der Waals surface area (Å²) in [4.78, 5) is 14.3. The molecule has 0 aliphatic rings. The zero-order valence-electron chi connectivity index (χ0n) is 5.61. The predicted molar refractivity (Wildman–Crippen MR) is 37.5 cm³/mol. The van der Waals surface area contributed by atoms with Gasteiger partial charge in [0, 0.05) is 12.4 Å². The van der Waals surface area contributed by atoms with Gasteiger partial charge in [-0.25, -0.2) is 0 Å². The summed E-state index contributed by atoms with van der Waals surface area (Å²) in [5.41, 5.74) is 5.39. The van der Waals surface area contributed by atoms with Crippen LogP contribution >= 0.6 is 0 Å². The molecule has 0 saturated heterocycles. The van der Waals surface area contributed by atoms with E-state index in [4.69, 9.17) is 11.0 Å². The lowest BCUT2D eigenvalue weighted by atomic mass is 10.1. The molecule has 11 heavy (non-hydrogen) atoms. The number of aromatic nitrogens is 1. The van der Waals surface area contributed by atoms with Crippen molar-refractivity contribution >= 4 is 5.91 Å². The van der Waals surface area contributed by atoms with Gasteiger partial charge in [-0.15, -0.1) is 0 Å². The first-order chi connectivity index (χ1) is 5.25. The Bertz CT molecular complexity index is 327. The van der Waals surface area contributed by atoms with Crippen molar-refractivity contribution in [2.45, 2.75) is 0 Å². The number of carbonyl (C=O) groups excluding carboxylic acids is 1. The van der Waals surface area contributed by atoms with E-state index in [1.165, 1.54) is 18.5 Å². The molecule has 0 spiro atoms. The quantitative estimate of drug-likeness (QED) is 0.609. The van der Waals surface area contributed by atoms with Crippen LogP contribution < -0.4 is 5.73 Å². The summed E-state index contributed by atoms with van der Waals surface area (Å²) in [7, 11) is 0. The standard InChI is InChI=1S/C7H5N3O/c8-3-5-4-10-2-1-6(5)7(9)11/h1-2,4H,(H2,9,11). The van der Waals surface area contributed by atoms with E-state index in [0.29, 0.717) is 0 Å². The maximum atomic E-state index is 10.6. The van der Waals surface area contributed by atoms with Crippen molar-refractivity contribution < 1.29 is 4.79 Å². The molecular formula is C7H5N3O. The van der Waals surface area contributed by atoms with Crippen LogP contribution in [0, 0.1) is 11.3 Å². The summed E-state index contributed by atoms with van der Waals surface area (Å²) in [6, 6.07) is 3.23. The van der Waals surface area contributed by atoms with Gasteiger partial charge in [-0.1, -0.05) is 0 Å². The van der Waals surface area contributed by atoms with Crippen molar-refractivity contribution in [3.8, 4) is 6.07 Å². The van der Waals surface area contributed by atoms with E-state index < -0.39 is 5.91 Å². The van der Waals surface area contributed by atoms with Crippen LogP contribution in [0.15, 0.2) is 18.5 Å². The molecule has 4 nitrogen and oxygen atoms in total. The van der Waals surface area contributed by atoms with Gasteiger partial charge in [0.1, 0.15) is 6.07 Å². The van der Waals surface area contributed by atoms with Gasteiger partial charge < -0.3 is 5.73 Å². The van der Waals surface area contributed by atoms with Crippen LogP contribution in [0.4, 0.5) is 0 Å². The van der Waals surface area contributed by atoms with Gasteiger partial charge in [-0.2, -0.15) is 5.26 Å². The van der Waals surface area contributed by atoms with Gasteiger partial charge in [0.2, 0.25) is 5.91 Å². The third-order valence-electron chi connectivity index (χ3n) is 1.21. The Labute approximate surface area is 63.3 Å². The molecule has 54 valence electrons. The number of hydrogen-bond acceptors (Lipinski definition) is 3. The average molecular weight is 147 g/mol. The van der Waals surface area contributed by atoms with Crippen molar-refractivity contribution in [3.05, 3.63) is 29.6 Å². The first-order valence-electron chi connectivity index (χ1n) is 2.89. The van der Waals surface area contributed by atoms with E-state index in [-0.39, 0.29) is 11.1 Å². The van der Waals surface area contributed by atoms with E-state index in [1.807, 2.05) is 6.07 Å². The first kappa shape index (κ1) is 7.22. The number of nitrogens with zero attached hydrogens (tertiary/aromatic N) is 2. The SMILES string of the molecule is N#Cc1cnccc1C(N)=O. The lowest BCUT2D eigenvalue weighted by Crippen LogP contribution is -2.12. The maximum absolute atomic E-state index is 10.6. The molecule has 2 N–H and O–H groups in total. The Kier molecular flexibility index (Phi) is 1.83.